The smallest absolute Gasteiger partial charge is 0.372 e. The molecule has 0 atom stereocenters. The Balaban J connectivity index is 2.51. The van der Waals surface area contributed by atoms with E-state index in [0.717, 1.165) is 19.3 Å². The molecule has 0 aromatic heterocycles. The second-order valence-electron chi connectivity index (χ2n) is 4.11. The Morgan fingerprint density at radius 1 is 1.28 bits per heavy atom. The monoisotopic (exact) mass is 250 g/mol. The molecule has 0 bridgehead atoms. The zero-order valence-corrected chi connectivity index (χ0v) is 10.5. The van der Waals surface area contributed by atoms with Crippen molar-refractivity contribution in [3.05, 3.63) is 29.8 Å². The number of ketones is 1. The number of ether oxygens (including phenoxy) is 1. The second kappa shape index (κ2) is 7.48. The normalized spacial score (nSPS) is 10.1. The van der Waals surface area contributed by atoms with Gasteiger partial charge in [-0.15, -0.1) is 0 Å². The molecule has 98 valence electrons. The van der Waals surface area contributed by atoms with E-state index in [9.17, 15) is 9.59 Å². The minimum Gasteiger partial charge on any atom is -0.494 e. The number of carboxylic acids is 1. The first-order chi connectivity index (χ1) is 8.63. The standard InChI is InChI=1S/C14H18O4/c1-2-3-4-8-18-12-7-5-6-11(9-12)10-13(15)14(16)17/h5-7,9H,2-4,8,10H2,1H3,(H,16,17). The highest BCUT2D eigenvalue weighted by atomic mass is 16.5. The molecule has 0 aliphatic carbocycles. The summed E-state index contributed by atoms with van der Waals surface area (Å²) < 4.78 is 5.53. The van der Waals surface area contributed by atoms with Gasteiger partial charge in [0.1, 0.15) is 5.75 Å². The number of carbonyl (C=O) groups excluding carboxylic acids is 1. The molecule has 0 spiro atoms. The average molecular weight is 250 g/mol. The van der Waals surface area contributed by atoms with Crippen LogP contribution in [0.4, 0.5) is 0 Å². The van der Waals surface area contributed by atoms with Crippen molar-refractivity contribution in [3.63, 3.8) is 0 Å². The fourth-order valence-electron chi connectivity index (χ4n) is 1.55. The lowest BCUT2D eigenvalue weighted by atomic mass is 10.1. The zero-order valence-electron chi connectivity index (χ0n) is 10.5. The molecule has 0 aliphatic rings. The Labute approximate surface area is 107 Å². The van der Waals surface area contributed by atoms with E-state index in [2.05, 4.69) is 6.92 Å². The molecule has 1 aromatic rings. The maximum absolute atomic E-state index is 11.1. The summed E-state index contributed by atoms with van der Waals surface area (Å²) in [7, 11) is 0. The highest BCUT2D eigenvalue weighted by Gasteiger charge is 2.12. The van der Waals surface area contributed by atoms with E-state index in [1.165, 1.54) is 0 Å². The quantitative estimate of drug-likeness (QED) is 0.568. The minimum atomic E-state index is -1.40. The number of rotatable bonds is 8. The second-order valence-corrected chi connectivity index (χ2v) is 4.11. The summed E-state index contributed by atoms with van der Waals surface area (Å²) in [5.74, 6) is -1.52. The molecule has 18 heavy (non-hydrogen) atoms. The van der Waals surface area contributed by atoms with E-state index in [-0.39, 0.29) is 6.42 Å². The molecule has 0 radical (unpaired) electrons. The molecule has 0 amide bonds. The Bertz CT molecular complexity index is 412. The number of carboxylic acid groups (broad SMARTS) is 1. The van der Waals surface area contributed by atoms with Crippen LogP contribution in [0.1, 0.15) is 31.7 Å². The van der Waals surface area contributed by atoms with Gasteiger partial charge < -0.3 is 9.84 Å². The lowest BCUT2D eigenvalue weighted by Gasteiger charge is -2.07. The lowest BCUT2D eigenvalue weighted by Crippen LogP contribution is -2.15. The van der Waals surface area contributed by atoms with Crippen LogP contribution in [0.2, 0.25) is 0 Å². The van der Waals surface area contributed by atoms with Crippen LogP contribution < -0.4 is 4.74 Å². The van der Waals surface area contributed by atoms with Crippen LogP contribution >= 0.6 is 0 Å². The third-order valence-electron chi connectivity index (χ3n) is 2.52. The van der Waals surface area contributed by atoms with Crippen molar-refractivity contribution in [2.45, 2.75) is 32.6 Å². The van der Waals surface area contributed by atoms with Crippen LogP contribution in [-0.2, 0) is 16.0 Å². The minimum absolute atomic E-state index is 0.0957. The van der Waals surface area contributed by atoms with Crippen LogP contribution in [0.3, 0.4) is 0 Å². The van der Waals surface area contributed by atoms with Crippen LogP contribution in [0, 0.1) is 0 Å². The molecule has 4 nitrogen and oxygen atoms in total. The molecule has 0 saturated carbocycles. The van der Waals surface area contributed by atoms with Gasteiger partial charge in [-0.1, -0.05) is 31.9 Å². The first kappa shape index (κ1) is 14.2. The summed E-state index contributed by atoms with van der Waals surface area (Å²) in [6, 6.07) is 7.01. The van der Waals surface area contributed by atoms with Crippen molar-refractivity contribution in [1.82, 2.24) is 0 Å². The molecule has 1 N–H and O–H groups in total. The van der Waals surface area contributed by atoms with Crippen LogP contribution in [0.25, 0.3) is 0 Å². The van der Waals surface area contributed by atoms with E-state index in [0.29, 0.717) is 17.9 Å². The first-order valence-corrected chi connectivity index (χ1v) is 6.11. The largest absolute Gasteiger partial charge is 0.494 e. The van der Waals surface area contributed by atoms with Gasteiger partial charge in [0.05, 0.1) is 6.61 Å². The highest BCUT2D eigenvalue weighted by Crippen LogP contribution is 2.14. The Morgan fingerprint density at radius 2 is 2.06 bits per heavy atom. The van der Waals surface area contributed by atoms with Crippen molar-refractivity contribution in [2.24, 2.45) is 0 Å². The molecule has 4 heteroatoms. The van der Waals surface area contributed by atoms with Gasteiger partial charge >= 0.3 is 5.97 Å². The third-order valence-corrected chi connectivity index (χ3v) is 2.52. The Hall–Kier alpha value is -1.84. The summed E-state index contributed by atoms with van der Waals surface area (Å²) >= 11 is 0. The number of benzene rings is 1. The van der Waals surface area contributed by atoms with E-state index in [4.69, 9.17) is 9.84 Å². The SMILES string of the molecule is CCCCCOc1cccc(CC(=O)C(=O)O)c1. The fraction of sp³-hybridized carbons (Fsp3) is 0.429. The topological polar surface area (TPSA) is 63.6 Å². The Morgan fingerprint density at radius 3 is 2.72 bits per heavy atom. The maximum Gasteiger partial charge on any atom is 0.372 e. The van der Waals surface area contributed by atoms with Gasteiger partial charge in [-0.3, -0.25) is 4.79 Å². The number of Topliss-reactive ketones (excluding diaryl/α,β-unsaturated/α-hetero) is 1. The van der Waals surface area contributed by atoms with Crippen molar-refractivity contribution in [1.29, 1.82) is 0 Å². The van der Waals surface area contributed by atoms with Crippen molar-refractivity contribution in [3.8, 4) is 5.75 Å². The number of unbranched alkanes of at least 4 members (excludes halogenated alkanes) is 2. The third kappa shape index (κ3) is 4.99. The van der Waals surface area contributed by atoms with Gasteiger partial charge in [0, 0.05) is 6.42 Å². The van der Waals surface area contributed by atoms with E-state index in [1.54, 1.807) is 24.3 Å². The molecule has 0 fully saturated rings. The fourth-order valence-corrected chi connectivity index (χ4v) is 1.55. The van der Waals surface area contributed by atoms with Gasteiger partial charge in [-0.05, 0) is 24.1 Å². The molecule has 0 saturated heterocycles. The molecule has 1 rings (SSSR count). The van der Waals surface area contributed by atoms with Gasteiger partial charge in [0.25, 0.3) is 0 Å². The molecular weight excluding hydrogens is 232 g/mol. The average Bonchev–Trinajstić information content (AvgIpc) is 2.35. The van der Waals surface area contributed by atoms with Crippen LogP contribution in [-0.4, -0.2) is 23.5 Å². The van der Waals surface area contributed by atoms with E-state index in [1.807, 2.05) is 0 Å². The number of hydrogen-bond acceptors (Lipinski definition) is 3. The molecule has 0 unspecified atom stereocenters. The molecule has 1 aromatic carbocycles. The Kier molecular flexibility index (Phi) is 5.91. The van der Waals surface area contributed by atoms with Gasteiger partial charge in [-0.2, -0.15) is 0 Å². The summed E-state index contributed by atoms with van der Waals surface area (Å²) in [4.78, 5) is 21.5. The molecule has 0 heterocycles. The van der Waals surface area contributed by atoms with Gasteiger partial charge in [0.2, 0.25) is 5.78 Å². The summed E-state index contributed by atoms with van der Waals surface area (Å²) in [6.45, 7) is 2.77. The van der Waals surface area contributed by atoms with E-state index >= 15 is 0 Å². The first-order valence-electron chi connectivity index (χ1n) is 6.11. The number of carbonyl (C=O) groups is 2. The summed E-state index contributed by atoms with van der Waals surface area (Å²) in [5, 5.41) is 8.53. The molecular formula is C14H18O4. The number of hydrogen-bond donors (Lipinski definition) is 1. The van der Waals surface area contributed by atoms with Crippen LogP contribution in [0.5, 0.6) is 5.75 Å². The van der Waals surface area contributed by atoms with Crippen molar-refractivity contribution < 1.29 is 19.4 Å². The number of aliphatic carboxylic acids is 1. The summed E-state index contributed by atoms with van der Waals surface area (Å²) in [6.07, 6.45) is 3.16. The maximum atomic E-state index is 11.1. The van der Waals surface area contributed by atoms with Gasteiger partial charge in [-0.25, -0.2) is 4.79 Å². The molecule has 0 aliphatic heterocycles. The van der Waals surface area contributed by atoms with Crippen molar-refractivity contribution in [2.75, 3.05) is 6.61 Å². The lowest BCUT2D eigenvalue weighted by molar-refractivity contribution is -0.148. The predicted octanol–water partition coefficient (Wildman–Crippen LogP) is 2.45. The van der Waals surface area contributed by atoms with Crippen molar-refractivity contribution >= 4 is 11.8 Å². The van der Waals surface area contributed by atoms with E-state index < -0.39 is 11.8 Å². The highest BCUT2D eigenvalue weighted by molar-refractivity contribution is 6.33. The van der Waals surface area contributed by atoms with Gasteiger partial charge in [0.15, 0.2) is 0 Å². The van der Waals surface area contributed by atoms with Crippen LogP contribution in [0.15, 0.2) is 24.3 Å². The predicted molar refractivity (Wildman–Crippen MR) is 67.8 cm³/mol. The summed E-state index contributed by atoms with van der Waals surface area (Å²) in [5.41, 5.74) is 0.662. The zero-order chi connectivity index (χ0) is 13.4.